The quantitative estimate of drug-likeness (QED) is 0.306. The first-order valence-corrected chi connectivity index (χ1v) is 11.0. The van der Waals surface area contributed by atoms with Crippen LogP contribution >= 0.6 is 24.0 Å². The maximum absolute atomic E-state index is 6.01. The smallest absolute Gasteiger partial charge is 0.213 e. The summed E-state index contributed by atoms with van der Waals surface area (Å²) in [6.07, 6.45) is 7.12. The fourth-order valence-electron chi connectivity index (χ4n) is 4.00. The van der Waals surface area contributed by atoms with Crippen LogP contribution in [0.25, 0.3) is 0 Å². The molecule has 1 aromatic heterocycles. The average Bonchev–Trinajstić information content (AvgIpc) is 3.21. The lowest BCUT2D eigenvalue weighted by Gasteiger charge is -2.34. The minimum Gasteiger partial charge on any atom is -0.474 e. The minimum atomic E-state index is 0. The van der Waals surface area contributed by atoms with E-state index in [9.17, 15) is 0 Å². The third-order valence-electron chi connectivity index (χ3n) is 5.42. The molecule has 1 unspecified atom stereocenters. The van der Waals surface area contributed by atoms with E-state index in [0.29, 0.717) is 18.6 Å². The highest BCUT2D eigenvalue weighted by Gasteiger charge is 2.21. The van der Waals surface area contributed by atoms with Crippen molar-refractivity contribution in [1.82, 2.24) is 20.5 Å². The average molecular weight is 531 g/mol. The van der Waals surface area contributed by atoms with Crippen LogP contribution in [0.15, 0.2) is 23.3 Å². The van der Waals surface area contributed by atoms with Gasteiger partial charge in [-0.1, -0.05) is 13.8 Å². The molecule has 2 N–H and O–H groups in total. The van der Waals surface area contributed by atoms with Gasteiger partial charge in [0.05, 0.1) is 12.7 Å². The molecule has 2 heterocycles. The molecular weight excluding hydrogens is 493 g/mol. The summed E-state index contributed by atoms with van der Waals surface area (Å²) in [5, 5.41) is 6.77. The van der Waals surface area contributed by atoms with Gasteiger partial charge in [0.15, 0.2) is 5.96 Å². The van der Waals surface area contributed by atoms with Gasteiger partial charge in [0.25, 0.3) is 0 Å². The van der Waals surface area contributed by atoms with Gasteiger partial charge in [-0.2, -0.15) is 0 Å². The number of hydrogen-bond donors (Lipinski definition) is 2. The molecule has 1 aromatic rings. The number of ether oxygens (including phenoxy) is 2. The summed E-state index contributed by atoms with van der Waals surface area (Å²) in [4.78, 5) is 11.2. The molecule has 2 aliphatic rings. The van der Waals surface area contributed by atoms with Crippen molar-refractivity contribution in [3.63, 3.8) is 0 Å². The van der Waals surface area contributed by atoms with Crippen molar-refractivity contribution >= 4 is 29.9 Å². The monoisotopic (exact) mass is 531 g/mol. The Morgan fingerprint density at radius 1 is 1.33 bits per heavy atom. The van der Waals surface area contributed by atoms with E-state index in [4.69, 9.17) is 9.47 Å². The first-order valence-electron chi connectivity index (χ1n) is 11.0. The second-order valence-electron chi connectivity index (χ2n) is 8.48. The van der Waals surface area contributed by atoms with Crippen molar-refractivity contribution in [2.45, 2.75) is 58.3 Å². The molecule has 3 rings (SSSR count). The second kappa shape index (κ2) is 13.3. The summed E-state index contributed by atoms with van der Waals surface area (Å²) in [6.45, 7) is 9.86. The standard InChI is InChI=1S/C22H37N5O2.HI/c1-17(2)15-27-10-11-28-20(16-27)14-26-22(23-3)25-13-18-8-9-24-21(12-18)29-19-6-4-5-7-19;/h8-9,12,17,19-20H,4-7,10-11,13-16H2,1-3H3,(H2,23,25,26);1H. The topological polar surface area (TPSA) is 71.0 Å². The predicted molar refractivity (Wildman–Crippen MR) is 132 cm³/mol. The number of nitrogens with one attached hydrogen (secondary N) is 2. The number of guanidine groups is 1. The van der Waals surface area contributed by atoms with E-state index in [0.717, 1.165) is 63.0 Å². The molecule has 30 heavy (non-hydrogen) atoms. The molecule has 7 nitrogen and oxygen atoms in total. The number of halogens is 1. The Hall–Kier alpha value is -1.13. The van der Waals surface area contributed by atoms with E-state index in [-0.39, 0.29) is 30.1 Å². The van der Waals surface area contributed by atoms with Crippen LogP contribution in [-0.4, -0.2) is 67.9 Å². The number of rotatable bonds is 8. The number of nitrogens with zero attached hydrogens (tertiary/aromatic N) is 3. The van der Waals surface area contributed by atoms with Crippen molar-refractivity contribution < 1.29 is 9.47 Å². The largest absolute Gasteiger partial charge is 0.474 e. The first-order chi connectivity index (χ1) is 14.1. The Balaban J connectivity index is 0.00000320. The van der Waals surface area contributed by atoms with Gasteiger partial charge < -0.3 is 20.1 Å². The van der Waals surface area contributed by atoms with Crippen molar-refractivity contribution in [2.24, 2.45) is 10.9 Å². The zero-order valence-electron chi connectivity index (χ0n) is 18.6. The third-order valence-corrected chi connectivity index (χ3v) is 5.42. The van der Waals surface area contributed by atoms with Crippen LogP contribution in [0, 0.1) is 5.92 Å². The summed E-state index contributed by atoms with van der Waals surface area (Å²) < 4.78 is 11.9. The van der Waals surface area contributed by atoms with E-state index in [1.165, 1.54) is 12.8 Å². The number of morpholine rings is 1. The molecule has 0 bridgehead atoms. The Morgan fingerprint density at radius 2 is 2.13 bits per heavy atom. The van der Waals surface area contributed by atoms with E-state index < -0.39 is 0 Å². The van der Waals surface area contributed by atoms with E-state index in [2.05, 4.69) is 39.4 Å². The Kier molecular flexibility index (Phi) is 11.2. The van der Waals surface area contributed by atoms with Crippen molar-refractivity contribution in [3.05, 3.63) is 23.9 Å². The molecule has 0 amide bonds. The normalized spacial score (nSPS) is 20.8. The minimum absolute atomic E-state index is 0. The van der Waals surface area contributed by atoms with Gasteiger partial charge in [0, 0.05) is 52.0 Å². The maximum Gasteiger partial charge on any atom is 0.213 e. The number of pyridine rings is 1. The molecule has 170 valence electrons. The van der Waals surface area contributed by atoms with Crippen molar-refractivity contribution in [3.8, 4) is 5.88 Å². The second-order valence-corrected chi connectivity index (χ2v) is 8.48. The molecule has 0 spiro atoms. The van der Waals surface area contributed by atoms with E-state index in [1.807, 2.05) is 18.3 Å². The highest BCUT2D eigenvalue weighted by Crippen LogP contribution is 2.23. The van der Waals surface area contributed by atoms with Gasteiger partial charge in [-0.25, -0.2) is 4.98 Å². The lowest BCUT2D eigenvalue weighted by molar-refractivity contribution is -0.0284. The first kappa shape index (κ1) is 25.1. The Bertz CT molecular complexity index is 652. The zero-order valence-corrected chi connectivity index (χ0v) is 20.9. The van der Waals surface area contributed by atoms with Crippen molar-refractivity contribution in [2.75, 3.05) is 39.8 Å². The lowest BCUT2D eigenvalue weighted by atomic mass is 10.2. The molecule has 1 aliphatic carbocycles. The fourth-order valence-corrected chi connectivity index (χ4v) is 4.00. The number of hydrogen-bond acceptors (Lipinski definition) is 5. The maximum atomic E-state index is 6.01. The van der Waals surface area contributed by atoms with Gasteiger partial charge in [0.2, 0.25) is 5.88 Å². The molecule has 1 saturated heterocycles. The van der Waals surface area contributed by atoms with Crippen LogP contribution in [0.3, 0.4) is 0 Å². The molecule has 1 aliphatic heterocycles. The van der Waals surface area contributed by atoms with Crippen LogP contribution in [0.5, 0.6) is 5.88 Å². The highest BCUT2D eigenvalue weighted by molar-refractivity contribution is 14.0. The van der Waals surface area contributed by atoms with Gasteiger partial charge in [-0.3, -0.25) is 9.89 Å². The molecule has 0 radical (unpaired) electrons. The highest BCUT2D eigenvalue weighted by atomic mass is 127. The third kappa shape index (κ3) is 8.55. The molecule has 2 fully saturated rings. The molecular formula is C22H38IN5O2. The van der Waals surface area contributed by atoms with E-state index >= 15 is 0 Å². The number of aliphatic imine (C=N–C) groups is 1. The molecule has 1 atom stereocenters. The lowest BCUT2D eigenvalue weighted by Crippen LogP contribution is -2.50. The molecule has 1 saturated carbocycles. The SMILES string of the molecule is CN=C(NCc1ccnc(OC2CCCC2)c1)NCC1CN(CC(C)C)CCO1.I. The van der Waals surface area contributed by atoms with Crippen molar-refractivity contribution in [1.29, 1.82) is 0 Å². The summed E-state index contributed by atoms with van der Waals surface area (Å²) in [6, 6.07) is 4.03. The van der Waals surface area contributed by atoms with Crippen LogP contribution in [0.2, 0.25) is 0 Å². The fraction of sp³-hybridized carbons (Fsp3) is 0.727. The van der Waals surface area contributed by atoms with Crippen LogP contribution in [0.4, 0.5) is 0 Å². The van der Waals surface area contributed by atoms with Crippen LogP contribution in [0.1, 0.15) is 45.1 Å². The summed E-state index contributed by atoms with van der Waals surface area (Å²) in [5.41, 5.74) is 1.13. The Morgan fingerprint density at radius 3 is 2.87 bits per heavy atom. The van der Waals surface area contributed by atoms with Gasteiger partial charge >= 0.3 is 0 Å². The van der Waals surface area contributed by atoms with Crippen LogP contribution in [-0.2, 0) is 11.3 Å². The number of aromatic nitrogens is 1. The van der Waals surface area contributed by atoms with Gasteiger partial charge in [0.1, 0.15) is 6.10 Å². The zero-order chi connectivity index (χ0) is 20.5. The van der Waals surface area contributed by atoms with Crippen LogP contribution < -0.4 is 15.4 Å². The van der Waals surface area contributed by atoms with Gasteiger partial charge in [-0.05, 0) is 43.2 Å². The Labute approximate surface area is 198 Å². The van der Waals surface area contributed by atoms with E-state index in [1.54, 1.807) is 7.05 Å². The molecule has 0 aromatic carbocycles. The predicted octanol–water partition coefficient (Wildman–Crippen LogP) is 3.04. The van der Waals surface area contributed by atoms with Gasteiger partial charge in [-0.15, -0.1) is 24.0 Å². The summed E-state index contributed by atoms with van der Waals surface area (Å²) in [7, 11) is 1.79. The molecule has 8 heteroatoms. The summed E-state index contributed by atoms with van der Waals surface area (Å²) in [5.74, 6) is 2.18. The summed E-state index contributed by atoms with van der Waals surface area (Å²) >= 11 is 0.